The Balaban J connectivity index is 4.62. The standard InChI is InChI=1S/C35H65NO8/c1-6-8-10-12-14-16-17-18-20-22-24-26-33(38)44-31(30-43-35(34(39)40)41-28-27-36(3,4)5)29-42-32(37)25-23-21-19-15-13-11-9-7-2/h12,14,31,35H,6-11,13,15-30H2,1-5H3/p+1/b14-12-. The molecule has 0 aromatic heterocycles. The Morgan fingerprint density at radius 3 is 1.75 bits per heavy atom. The number of ether oxygens (including phenoxy) is 4. The normalized spacial score (nSPS) is 13.2. The Morgan fingerprint density at radius 2 is 1.18 bits per heavy atom. The van der Waals surface area contributed by atoms with Gasteiger partial charge in [-0.05, 0) is 32.1 Å². The first kappa shape index (κ1) is 42.0. The molecular formula is C35H66NO8+. The van der Waals surface area contributed by atoms with Crippen molar-refractivity contribution in [3.63, 3.8) is 0 Å². The molecule has 1 N–H and O–H groups in total. The Labute approximate surface area is 268 Å². The summed E-state index contributed by atoms with van der Waals surface area (Å²) in [4.78, 5) is 36.6. The van der Waals surface area contributed by atoms with Gasteiger partial charge in [0.15, 0.2) is 6.10 Å². The van der Waals surface area contributed by atoms with Crippen molar-refractivity contribution >= 4 is 17.9 Å². The molecule has 0 aromatic carbocycles. The fourth-order valence-electron chi connectivity index (χ4n) is 4.46. The predicted molar refractivity (Wildman–Crippen MR) is 175 cm³/mol. The zero-order valence-corrected chi connectivity index (χ0v) is 28.8. The van der Waals surface area contributed by atoms with Gasteiger partial charge in [0.05, 0.1) is 34.4 Å². The van der Waals surface area contributed by atoms with Crippen molar-refractivity contribution in [2.24, 2.45) is 0 Å². The monoisotopic (exact) mass is 628 g/mol. The SMILES string of the molecule is CCCC/C=C\CCCCCCCC(=O)OC(COC(=O)CCCCCCCCCC)COC(OCC[N+](C)(C)C)C(=O)O. The summed E-state index contributed by atoms with van der Waals surface area (Å²) in [5.41, 5.74) is 0. The number of unbranched alkanes of at least 4 members (excludes halogenated alkanes) is 14. The minimum Gasteiger partial charge on any atom is -0.477 e. The van der Waals surface area contributed by atoms with Crippen LogP contribution in [0, 0.1) is 0 Å². The van der Waals surface area contributed by atoms with Crippen LogP contribution in [-0.4, -0.2) is 87.4 Å². The minimum absolute atomic E-state index is 0.182. The Kier molecular flexibility index (Phi) is 27.2. The van der Waals surface area contributed by atoms with E-state index < -0.39 is 24.3 Å². The number of nitrogens with zero attached hydrogens (tertiary/aromatic N) is 1. The van der Waals surface area contributed by atoms with Crippen LogP contribution in [0.2, 0.25) is 0 Å². The number of hydrogen-bond acceptors (Lipinski definition) is 7. The van der Waals surface area contributed by atoms with Crippen molar-refractivity contribution < 1.29 is 42.9 Å². The number of likely N-dealkylation sites (N-methyl/N-ethyl adjacent to an activating group) is 1. The second-order valence-corrected chi connectivity index (χ2v) is 12.8. The van der Waals surface area contributed by atoms with Crippen molar-refractivity contribution in [2.75, 3.05) is 47.5 Å². The molecule has 0 saturated heterocycles. The fraction of sp³-hybridized carbons (Fsp3) is 0.857. The number of carboxylic acid groups (broad SMARTS) is 1. The van der Waals surface area contributed by atoms with Gasteiger partial charge in [-0.2, -0.15) is 0 Å². The molecule has 258 valence electrons. The van der Waals surface area contributed by atoms with Gasteiger partial charge in [0.25, 0.3) is 6.29 Å². The van der Waals surface area contributed by atoms with Gasteiger partial charge in [-0.25, -0.2) is 4.79 Å². The summed E-state index contributed by atoms with van der Waals surface area (Å²) in [5, 5.41) is 9.53. The summed E-state index contributed by atoms with van der Waals surface area (Å²) in [6.07, 6.45) is 21.4. The third kappa shape index (κ3) is 28.8. The van der Waals surface area contributed by atoms with Crippen LogP contribution < -0.4 is 0 Å². The highest BCUT2D eigenvalue weighted by atomic mass is 16.7. The second kappa shape index (κ2) is 28.5. The van der Waals surface area contributed by atoms with E-state index in [9.17, 15) is 19.5 Å². The van der Waals surface area contributed by atoms with Gasteiger partial charge in [0, 0.05) is 12.8 Å². The summed E-state index contributed by atoms with van der Waals surface area (Å²) in [6.45, 7) is 4.76. The van der Waals surface area contributed by atoms with Crippen LogP contribution in [-0.2, 0) is 33.3 Å². The van der Waals surface area contributed by atoms with Crippen molar-refractivity contribution in [1.82, 2.24) is 0 Å². The van der Waals surface area contributed by atoms with E-state index in [1.807, 2.05) is 21.1 Å². The number of carboxylic acids is 1. The number of esters is 2. The van der Waals surface area contributed by atoms with Crippen LogP contribution in [0.1, 0.15) is 136 Å². The first-order valence-electron chi connectivity index (χ1n) is 17.4. The van der Waals surface area contributed by atoms with Gasteiger partial charge in [0.2, 0.25) is 0 Å². The molecular weight excluding hydrogens is 562 g/mol. The lowest BCUT2D eigenvalue weighted by atomic mass is 10.1. The number of rotatable bonds is 31. The van der Waals surface area contributed by atoms with Gasteiger partial charge < -0.3 is 28.5 Å². The van der Waals surface area contributed by atoms with Crippen molar-refractivity contribution in [1.29, 1.82) is 0 Å². The molecule has 0 saturated carbocycles. The minimum atomic E-state index is -1.50. The Morgan fingerprint density at radius 1 is 0.659 bits per heavy atom. The number of carbonyl (C=O) groups is 3. The van der Waals surface area contributed by atoms with Gasteiger partial charge in [0.1, 0.15) is 13.2 Å². The Hall–Kier alpha value is -1.97. The first-order chi connectivity index (χ1) is 21.1. The van der Waals surface area contributed by atoms with Gasteiger partial charge in [-0.15, -0.1) is 0 Å². The zero-order chi connectivity index (χ0) is 32.9. The largest absolute Gasteiger partial charge is 0.477 e. The third-order valence-electron chi connectivity index (χ3n) is 7.27. The average molecular weight is 629 g/mol. The van der Waals surface area contributed by atoms with Crippen LogP contribution in [0.3, 0.4) is 0 Å². The van der Waals surface area contributed by atoms with Crippen LogP contribution in [0.15, 0.2) is 12.2 Å². The van der Waals surface area contributed by atoms with Crippen LogP contribution in [0.5, 0.6) is 0 Å². The molecule has 9 heteroatoms. The van der Waals surface area contributed by atoms with Crippen molar-refractivity contribution in [3.8, 4) is 0 Å². The fourth-order valence-corrected chi connectivity index (χ4v) is 4.46. The van der Waals surface area contributed by atoms with E-state index in [0.29, 0.717) is 23.9 Å². The number of hydrogen-bond donors (Lipinski definition) is 1. The topological polar surface area (TPSA) is 108 Å². The smallest absolute Gasteiger partial charge is 0.361 e. The molecule has 0 aliphatic heterocycles. The van der Waals surface area contributed by atoms with Crippen LogP contribution >= 0.6 is 0 Å². The highest BCUT2D eigenvalue weighted by Gasteiger charge is 2.25. The molecule has 2 atom stereocenters. The number of carbonyl (C=O) groups excluding carboxylic acids is 2. The molecule has 0 aliphatic rings. The molecule has 9 nitrogen and oxygen atoms in total. The summed E-state index contributed by atoms with van der Waals surface area (Å²) in [5.74, 6) is -2.03. The van der Waals surface area contributed by atoms with E-state index in [1.165, 1.54) is 44.9 Å². The number of quaternary nitrogens is 1. The van der Waals surface area contributed by atoms with Crippen molar-refractivity contribution in [2.45, 2.75) is 148 Å². The molecule has 0 spiro atoms. The van der Waals surface area contributed by atoms with Gasteiger partial charge in [-0.3, -0.25) is 9.59 Å². The average Bonchev–Trinajstić information content (AvgIpc) is 2.96. The van der Waals surface area contributed by atoms with Gasteiger partial charge >= 0.3 is 17.9 Å². The molecule has 44 heavy (non-hydrogen) atoms. The molecule has 0 rings (SSSR count). The van der Waals surface area contributed by atoms with Crippen molar-refractivity contribution in [3.05, 3.63) is 12.2 Å². The van der Waals surface area contributed by atoms with Gasteiger partial charge in [-0.1, -0.05) is 103 Å². The summed E-state index contributed by atoms with van der Waals surface area (Å²) in [6, 6.07) is 0. The molecule has 2 unspecified atom stereocenters. The maximum absolute atomic E-state index is 12.6. The number of aliphatic carboxylic acids is 1. The molecule has 0 radical (unpaired) electrons. The van der Waals surface area contributed by atoms with E-state index in [2.05, 4.69) is 26.0 Å². The molecule has 0 amide bonds. The van der Waals surface area contributed by atoms with E-state index in [1.54, 1.807) is 0 Å². The zero-order valence-electron chi connectivity index (χ0n) is 28.8. The molecule has 0 aliphatic carbocycles. The maximum Gasteiger partial charge on any atom is 0.361 e. The molecule has 0 aromatic rings. The van der Waals surface area contributed by atoms with E-state index in [0.717, 1.165) is 57.8 Å². The van der Waals surface area contributed by atoms with E-state index in [4.69, 9.17) is 18.9 Å². The van der Waals surface area contributed by atoms with E-state index in [-0.39, 0.29) is 32.2 Å². The quantitative estimate of drug-likeness (QED) is 0.0275. The third-order valence-corrected chi connectivity index (χ3v) is 7.27. The lowest BCUT2D eigenvalue weighted by Crippen LogP contribution is -2.40. The highest BCUT2D eigenvalue weighted by Crippen LogP contribution is 2.12. The first-order valence-corrected chi connectivity index (χ1v) is 17.4. The Bertz CT molecular complexity index is 750. The van der Waals surface area contributed by atoms with Crippen LogP contribution in [0.4, 0.5) is 0 Å². The summed E-state index contributed by atoms with van der Waals surface area (Å²) >= 11 is 0. The summed E-state index contributed by atoms with van der Waals surface area (Å²) < 4.78 is 22.5. The highest BCUT2D eigenvalue weighted by molar-refractivity contribution is 5.71. The molecule has 0 fully saturated rings. The lowest BCUT2D eigenvalue weighted by Gasteiger charge is -2.25. The summed E-state index contributed by atoms with van der Waals surface area (Å²) in [7, 11) is 5.93. The van der Waals surface area contributed by atoms with Crippen LogP contribution in [0.25, 0.3) is 0 Å². The lowest BCUT2D eigenvalue weighted by molar-refractivity contribution is -0.870. The molecule has 0 heterocycles. The number of allylic oxidation sites excluding steroid dienone is 2. The maximum atomic E-state index is 12.6. The predicted octanol–water partition coefficient (Wildman–Crippen LogP) is 7.60. The van der Waals surface area contributed by atoms with E-state index >= 15 is 0 Å². The molecule has 0 bridgehead atoms. The second-order valence-electron chi connectivity index (χ2n) is 12.8.